The van der Waals surface area contributed by atoms with Gasteiger partial charge < -0.3 is 5.73 Å². The number of nitrogen functional groups attached to an aromatic ring is 1. The average molecular weight is 341 g/mol. The number of hydrogen-bond donors (Lipinski definition) is 2. The standard InChI is InChI=1S/C13H13BrN2O2S/c1-9-6-10(14)8-11(7-9)16-19(17,18)13-5-3-2-4-12(13)15/h2-8,16H,15H2,1H3. The van der Waals surface area contributed by atoms with E-state index in [9.17, 15) is 8.42 Å². The van der Waals surface area contributed by atoms with Crippen LogP contribution < -0.4 is 10.5 Å². The number of rotatable bonds is 3. The number of para-hydroxylation sites is 1. The van der Waals surface area contributed by atoms with Crippen molar-refractivity contribution in [2.45, 2.75) is 11.8 Å². The van der Waals surface area contributed by atoms with Crippen LogP contribution in [0.25, 0.3) is 0 Å². The van der Waals surface area contributed by atoms with Gasteiger partial charge in [-0.1, -0.05) is 28.1 Å². The van der Waals surface area contributed by atoms with Crippen molar-refractivity contribution in [2.75, 3.05) is 10.5 Å². The Balaban J connectivity index is 2.39. The van der Waals surface area contributed by atoms with Crippen LogP contribution in [0.5, 0.6) is 0 Å². The van der Waals surface area contributed by atoms with Crippen LogP contribution in [0.4, 0.5) is 11.4 Å². The molecule has 0 bridgehead atoms. The molecule has 0 aliphatic carbocycles. The van der Waals surface area contributed by atoms with Crippen molar-refractivity contribution in [3.63, 3.8) is 0 Å². The minimum Gasteiger partial charge on any atom is -0.398 e. The third-order valence-corrected chi connectivity index (χ3v) is 4.42. The molecule has 2 rings (SSSR count). The molecule has 0 atom stereocenters. The lowest BCUT2D eigenvalue weighted by Gasteiger charge is -2.11. The lowest BCUT2D eigenvalue weighted by Crippen LogP contribution is -2.14. The number of halogens is 1. The molecule has 2 aromatic rings. The summed E-state index contributed by atoms with van der Waals surface area (Å²) in [7, 11) is -3.67. The molecule has 0 amide bonds. The molecule has 3 N–H and O–H groups in total. The summed E-state index contributed by atoms with van der Waals surface area (Å²) >= 11 is 3.33. The third-order valence-electron chi connectivity index (χ3n) is 2.50. The van der Waals surface area contributed by atoms with Crippen molar-refractivity contribution < 1.29 is 8.42 Å². The van der Waals surface area contributed by atoms with E-state index in [1.807, 2.05) is 13.0 Å². The molecule has 6 heteroatoms. The van der Waals surface area contributed by atoms with Gasteiger partial charge in [-0.15, -0.1) is 0 Å². The highest BCUT2D eigenvalue weighted by molar-refractivity contribution is 9.10. The summed E-state index contributed by atoms with van der Waals surface area (Å²) < 4.78 is 27.8. The number of aryl methyl sites for hydroxylation is 1. The SMILES string of the molecule is Cc1cc(Br)cc(NS(=O)(=O)c2ccccc2N)c1. The van der Waals surface area contributed by atoms with Gasteiger partial charge in [0.2, 0.25) is 0 Å². The van der Waals surface area contributed by atoms with Gasteiger partial charge >= 0.3 is 0 Å². The number of sulfonamides is 1. The van der Waals surface area contributed by atoms with Crippen LogP contribution in [0.15, 0.2) is 51.8 Å². The highest BCUT2D eigenvalue weighted by Gasteiger charge is 2.17. The van der Waals surface area contributed by atoms with E-state index in [4.69, 9.17) is 5.73 Å². The van der Waals surface area contributed by atoms with Gasteiger partial charge in [-0.25, -0.2) is 8.42 Å². The van der Waals surface area contributed by atoms with Crippen molar-refractivity contribution in [3.05, 3.63) is 52.5 Å². The van der Waals surface area contributed by atoms with Crippen molar-refractivity contribution in [1.29, 1.82) is 0 Å². The number of benzene rings is 2. The van der Waals surface area contributed by atoms with Gasteiger partial charge in [-0.2, -0.15) is 0 Å². The largest absolute Gasteiger partial charge is 0.398 e. The van der Waals surface area contributed by atoms with Gasteiger partial charge in [0.15, 0.2) is 0 Å². The zero-order valence-electron chi connectivity index (χ0n) is 10.2. The Morgan fingerprint density at radius 3 is 2.47 bits per heavy atom. The van der Waals surface area contributed by atoms with E-state index in [0.29, 0.717) is 5.69 Å². The van der Waals surface area contributed by atoms with E-state index in [2.05, 4.69) is 20.7 Å². The summed E-state index contributed by atoms with van der Waals surface area (Å²) in [5.74, 6) is 0. The Hall–Kier alpha value is -1.53. The fourth-order valence-corrected chi connectivity index (χ4v) is 3.51. The molecular weight excluding hydrogens is 328 g/mol. The van der Waals surface area contributed by atoms with E-state index in [1.165, 1.54) is 6.07 Å². The predicted octanol–water partition coefficient (Wildman–Crippen LogP) is 3.14. The molecule has 19 heavy (non-hydrogen) atoms. The van der Waals surface area contributed by atoms with Crippen molar-refractivity contribution in [1.82, 2.24) is 0 Å². The quantitative estimate of drug-likeness (QED) is 0.843. The number of nitrogens with one attached hydrogen (secondary N) is 1. The average Bonchev–Trinajstić information content (AvgIpc) is 2.26. The molecule has 0 radical (unpaired) electrons. The number of hydrogen-bond acceptors (Lipinski definition) is 3. The minimum atomic E-state index is -3.67. The Morgan fingerprint density at radius 1 is 1.16 bits per heavy atom. The normalized spacial score (nSPS) is 11.3. The third kappa shape index (κ3) is 3.27. The molecule has 0 heterocycles. The van der Waals surface area contributed by atoms with Crippen LogP contribution in [0.1, 0.15) is 5.56 Å². The first-order valence-electron chi connectivity index (χ1n) is 5.53. The molecule has 0 spiro atoms. The molecule has 0 aromatic heterocycles. The van der Waals surface area contributed by atoms with E-state index < -0.39 is 10.0 Å². The van der Waals surface area contributed by atoms with Gasteiger partial charge in [0.05, 0.1) is 11.4 Å². The first-order chi connectivity index (χ1) is 8.88. The molecule has 0 aliphatic heterocycles. The maximum absolute atomic E-state index is 12.2. The summed E-state index contributed by atoms with van der Waals surface area (Å²) in [5.41, 5.74) is 7.36. The fourth-order valence-electron chi connectivity index (χ4n) is 1.73. The van der Waals surface area contributed by atoms with Gasteiger partial charge in [0.1, 0.15) is 4.90 Å². The van der Waals surface area contributed by atoms with Crippen LogP contribution in [-0.2, 0) is 10.0 Å². The van der Waals surface area contributed by atoms with Crippen LogP contribution in [-0.4, -0.2) is 8.42 Å². The lowest BCUT2D eigenvalue weighted by molar-refractivity contribution is 0.601. The van der Waals surface area contributed by atoms with Crippen molar-refractivity contribution in [2.24, 2.45) is 0 Å². The molecule has 100 valence electrons. The molecule has 0 saturated carbocycles. The summed E-state index contributed by atoms with van der Waals surface area (Å²) in [5, 5.41) is 0. The Bertz CT molecular complexity index is 694. The van der Waals surface area contributed by atoms with E-state index in [-0.39, 0.29) is 10.6 Å². The monoisotopic (exact) mass is 340 g/mol. The predicted molar refractivity (Wildman–Crippen MR) is 80.5 cm³/mol. The van der Waals surface area contributed by atoms with Gasteiger partial charge in [-0.3, -0.25) is 4.72 Å². The minimum absolute atomic E-state index is 0.0765. The van der Waals surface area contributed by atoms with Gasteiger partial charge in [0.25, 0.3) is 10.0 Å². The summed E-state index contributed by atoms with van der Waals surface area (Å²) in [6.45, 7) is 1.89. The van der Waals surface area contributed by atoms with E-state index in [0.717, 1.165) is 10.0 Å². The number of anilines is 2. The zero-order valence-corrected chi connectivity index (χ0v) is 12.6. The fraction of sp³-hybridized carbons (Fsp3) is 0.0769. The number of nitrogens with two attached hydrogens (primary N) is 1. The van der Waals surface area contributed by atoms with Crippen LogP contribution in [0, 0.1) is 6.92 Å². The molecule has 2 aromatic carbocycles. The second-order valence-corrected chi connectivity index (χ2v) is 6.73. The first-order valence-corrected chi connectivity index (χ1v) is 7.80. The topological polar surface area (TPSA) is 72.2 Å². The smallest absolute Gasteiger partial charge is 0.263 e. The second kappa shape index (κ2) is 5.22. The molecule has 0 unspecified atom stereocenters. The summed E-state index contributed by atoms with van der Waals surface area (Å²) in [4.78, 5) is 0.0765. The zero-order chi connectivity index (χ0) is 14.0. The van der Waals surface area contributed by atoms with Crippen molar-refractivity contribution >= 4 is 37.3 Å². The lowest BCUT2D eigenvalue weighted by atomic mass is 10.2. The van der Waals surface area contributed by atoms with Gasteiger partial charge in [0, 0.05) is 4.47 Å². The summed E-state index contributed by atoms with van der Waals surface area (Å²) in [6.07, 6.45) is 0. The highest BCUT2D eigenvalue weighted by Crippen LogP contribution is 2.24. The van der Waals surface area contributed by atoms with Gasteiger partial charge in [-0.05, 0) is 42.8 Å². The Kier molecular flexibility index (Phi) is 3.82. The Morgan fingerprint density at radius 2 is 1.84 bits per heavy atom. The maximum atomic E-state index is 12.2. The van der Waals surface area contributed by atoms with Crippen LogP contribution in [0.2, 0.25) is 0 Å². The first kappa shape index (κ1) is 13.9. The molecular formula is C13H13BrN2O2S. The van der Waals surface area contributed by atoms with E-state index >= 15 is 0 Å². The van der Waals surface area contributed by atoms with E-state index in [1.54, 1.807) is 30.3 Å². The molecule has 0 saturated heterocycles. The second-order valence-electron chi connectivity index (χ2n) is 4.16. The van der Waals surface area contributed by atoms with Crippen LogP contribution in [0.3, 0.4) is 0 Å². The Labute approximate surface area is 120 Å². The molecule has 0 aliphatic rings. The molecule has 4 nitrogen and oxygen atoms in total. The maximum Gasteiger partial charge on any atom is 0.263 e. The molecule has 0 fully saturated rings. The van der Waals surface area contributed by atoms with Crippen LogP contribution >= 0.6 is 15.9 Å². The highest BCUT2D eigenvalue weighted by atomic mass is 79.9. The van der Waals surface area contributed by atoms with Crippen molar-refractivity contribution in [3.8, 4) is 0 Å². The summed E-state index contributed by atoms with van der Waals surface area (Å²) in [6, 6.07) is 11.7.